The first-order valence-electron chi connectivity index (χ1n) is 13.7. The maximum atomic E-state index is 16.0. The van der Waals surface area contributed by atoms with Crippen LogP contribution in [0.2, 0.25) is 0 Å². The van der Waals surface area contributed by atoms with Crippen molar-refractivity contribution in [1.82, 2.24) is 10.2 Å². The van der Waals surface area contributed by atoms with E-state index in [-0.39, 0.29) is 40.3 Å². The van der Waals surface area contributed by atoms with Crippen molar-refractivity contribution in [3.8, 4) is 5.75 Å². The van der Waals surface area contributed by atoms with E-state index in [2.05, 4.69) is 5.32 Å². The van der Waals surface area contributed by atoms with Crippen LogP contribution in [-0.4, -0.2) is 88.8 Å². The summed E-state index contributed by atoms with van der Waals surface area (Å²) in [5, 5.41) is 48.7. The number of ketones is 2. The van der Waals surface area contributed by atoms with E-state index in [0.717, 1.165) is 12.0 Å². The fraction of sp³-hybridized carbons (Fsp3) is 0.433. The third kappa shape index (κ3) is 4.28. The number of hydrogen-bond donors (Lipinski definition) is 6. The lowest BCUT2D eigenvalue weighted by molar-refractivity contribution is -0.148. The molecule has 0 bridgehead atoms. The molecule has 1 amide bonds. The van der Waals surface area contributed by atoms with Crippen molar-refractivity contribution >= 4 is 28.2 Å². The standard InChI is InChI=1S/C30H34FN3O8/c1-34(2)23-18-11-14-10-17-20(25(36)19(14)27(38)30(18,41)28(39)21(26(23)37)29(32)40)24(35)16-9-13(5-6-15(16)22(17)31)12-33-7-4-8-42-3/h5-6,9,14,18,23,33,35,37-38,41H,4,7-8,10-12H2,1-3H3,(H2,32,40)/t14-,18-,23-,30-/m0/s1. The average molecular weight is 584 g/mol. The lowest BCUT2D eigenvalue weighted by Gasteiger charge is -2.50. The number of amides is 1. The molecule has 3 aliphatic rings. The third-order valence-corrected chi connectivity index (χ3v) is 8.73. The van der Waals surface area contributed by atoms with E-state index in [1.54, 1.807) is 39.4 Å². The number of methoxy groups -OCH3 is 1. The number of carbonyl (C=O) groups excluding carboxylic acids is 3. The minimum atomic E-state index is -2.75. The number of benzene rings is 2. The predicted octanol–water partition coefficient (Wildman–Crippen LogP) is 1.54. The van der Waals surface area contributed by atoms with Gasteiger partial charge in [0.05, 0.1) is 11.6 Å². The van der Waals surface area contributed by atoms with Crippen LogP contribution in [0.3, 0.4) is 0 Å². The van der Waals surface area contributed by atoms with Gasteiger partial charge in [-0.05, 0) is 57.5 Å². The minimum absolute atomic E-state index is 0.0384. The van der Waals surface area contributed by atoms with Gasteiger partial charge in [0, 0.05) is 48.1 Å². The summed E-state index contributed by atoms with van der Waals surface area (Å²) >= 11 is 0. The number of allylic oxidation sites excluding steroid dienone is 1. The second-order valence-corrected chi connectivity index (χ2v) is 11.4. The fourth-order valence-electron chi connectivity index (χ4n) is 6.80. The lowest BCUT2D eigenvalue weighted by atomic mass is 9.58. The maximum Gasteiger partial charge on any atom is 0.255 e. The van der Waals surface area contributed by atoms with Gasteiger partial charge in [-0.25, -0.2) is 4.39 Å². The number of nitrogens with zero attached hydrogens (tertiary/aromatic N) is 1. The zero-order valence-electron chi connectivity index (χ0n) is 23.5. The van der Waals surface area contributed by atoms with Gasteiger partial charge < -0.3 is 36.2 Å². The van der Waals surface area contributed by atoms with Crippen molar-refractivity contribution in [3.05, 3.63) is 63.4 Å². The van der Waals surface area contributed by atoms with E-state index in [0.29, 0.717) is 19.7 Å². The molecule has 0 radical (unpaired) electrons. The Morgan fingerprint density at radius 1 is 1.21 bits per heavy atom. The van der Waals surface area contributed by atoms with Crippen molar-refractivity contribution in [2.75, 3.05) is 34.4 Å². The number of ether oxygens (including phenoxy) is 1. The molecule has 0 fully saturated rings. The number of phenolic OH excluding ortho intramolecular Hbond substituents is 1. The van der Waals surface area contributed by atoms with E-state index in [9.17, 15) is 34.8 Å². The molecule has 224 valence electrons. The highest BCUT2D eigenvalue weighted by molar-refractivity contribution is 6.25. The number of phenols is 1. The van der Waals surface area contributed by atoms with Gasteiger partial charge in [0.25, 0.3) is 5.91 Å². The smallest absolute Gasteiger partial charge is 0.255 e. The van der Waals surface area contributed by atoms with Gasteiger partial charge >= 0.3 is 0 Å². The Kier molecular flexibility index (Phi) is 7.60. The number of halogens is 1. The largest absolute Gasteiger partial charge is 0.510 e. The van der Waals surface area contributed by atoms with E-state index in [1.807, 2.05) is 0 Å². The van der Waals surface area contributed by atoms with E-state index < -0.39 is 69.6 Å². The molecule has 42 heavy (non-hydrogen) atoms. The van der Waals surface area contributed by atoms with Crippen LogP contribution in [0.5, 0.6) is 5.75 Å². The Labute approximate surface area is 241 Å². The molecule has 3 aliphatic carbocycles. The number of carbonyl (C=O) groups is 3. The van der Waals surface area contributed by atoms with Crippen LogP contribution >= 0.6 is 0 Å². The number of primary amides is 1. The Bertz CT molecular complexity index is 1580. The number of rotatable bonds is 8. The Morgan fingerprint density at radius 3 is 2.57 bits per heavy atom. The number of nitrogens with one attached hydrogen (secondary N) is 1. The second-order valence-electron chi connectivity index (χ2n) is 11.4. The summed E-state index contributed by atoms with van der Waals surface area (Å²) in [5.41, 5.74) is 1.73. The SMILES string of the molecule is COCCCNCc1ccc2c(F)c3c(c(O)c2c1)C(=O)C1=C(O)[C@]2(O)C(=O)C(C(N)=O)=C(O)[C@@H](N(C)C)[C@@H]2C[C@@H]1C3. The number of nitrogens with two attached hydrogens (primary N) is 1. The van der Waals surface area contributed by atoms with Gasteiger partial charge in [-0.2, -0.15) is 0 Å². The molecule has 0 unspecified atom stereocenters. The van der Waals surface area contributed by atoms with Gasteiger partial charge in [0.15, 0.2) is 11.4 Å². The zero-order valence-corrected chi connectivity index (χ0v) is 23.5. The molecule has 7 N–H and O–H groups in total. The van der Waals surface area contributed by atoms with E-state index in [1.165, 1.54) is 4.90 Å². The van der Waals surface area contributed by atoms with Gasteiger partial charge in [0.1, 0.15) is 28.7 Å². The lowest BCUT2D eigenvalue weighted by Crippen LogP contribution is -2.63. The highest BCUT2D eigenvalue weighted by Crippen LogP contribution is 2.53. The number of likely N-dealkylation sites (N-methyl/N-ethyl adjacent to an activating group) is 1. The molecular weight excluding hydrogens is 549 g/mol. The van der Waals surface area contributed by atoms with E-state index >= 15 is 4.39 Å². The Morgan fingerprint density at radius 2 is 1.93 bits per heavy atom. The molecule has 0 saturated heterocycles. The maximum absolute atomic E-state index is 16.0. The van der Waals surface area contributed by atoms with Crippen LogP contribution in [-0.2, 0) is 27.3 Å². The van der Waals surface area contributed by atoms with Gasteiger partial charge in [0.2, 0.25) is 5.78 Å². The first kappa shape index (κ1) is 29.6. The number of fused-ring (bicyclic) bond motifs is 4. The number of aromatic hydroxyl groups is 1. The number of aliphatic hydroxyl groups is 3. The van der Waals surface area contributed by atoms with Gasteiger partial charge in [-0.3, -0.25) is 19.3 Å². The quantitative estimate of drug-likeness (QED) is 0.197. The molecule has 11 nitrogen and oxygen atoms in total. The van der Waals surface area contributed by atoms with Gasteiger partial charge in [-0.1, -0.05) is 12.1 Å². The highest BCUT2D eigenvalue weighted by Gasteiger charge is 2.63. The summed E-state index contributed by atoms with van der Waals surface area (Å²) in [4.78, 5) is 40.9. The van der Waals surface area contributed by atoms with Crippen molar-refractivity contribution in [2.45, 2.75) is 37.5 Å². The third-order valence-electron chi connectivity index (χ3n) is 8.73. The average Bonchev–Trinajstić information content (AvgIpc) is 2.93. The topological polar surface area (TPSA) is 183 Å². The molecular formula is C30H34FN3O8. The Balaban J connectivity index is 1.62. The molecule has 12 heteroatoms. The Hall–Kier alpha value is -3.84. The normalized spacial score (nSPS) is 25.6. The van der Waals surface area contributed by atoms with E-state index in [4.69, 9.17) is 10.5 Å². The molecule has 0 heterocycles. The first-order chi connectivity index (χ1) is 19.9. The number of hydrogen-bond acceptors (Lipinski definition) is 10. The molecule has 2 aromatic carbocycles. The van der Waals surface area contributed by atoms with Crippen molar-refractivity contribution in [3.63, 3.8) is 0 Å². The number of Topliss-reactive ketones (excluding diaryl/α,β-unsaturated/α-hetero) is 2. The summed E-state index contributed by atoms with van der Waals surface area (Å²) in [6.07, 6.45) is 0.553. The van der Waals surface area contributed by atoms with Crippen LogP contribution in [0, 0.1) is 17.7 Å². The second kappa shape index (κ2) is 10.8. The van der Waals surface area contributed by atoms with Crippen LogP contribution in [0.4, 0.5) is 4.39 Å². The van der Waals surface area contributed by atoms with Crippen LogP contribution in [0.25, 0.3) is 10.8 Å². The summed E-state index contributed by atoms with van der Waals surface area (Å²) in [5.74, 6) is -8.40. The van der Waals surface area contributed by atoms with Crippen molar-refractivity contribution in [2.24, 2.45) is 17.6 Å². The summed E-state index contributed by atoms with van der Waals surface area (Å²) in [6.45, 7) is 1.69. The van der Waals surface area contributed by atoms with Crippen LogP contribution in [0.15, 0.2) is 40.9 Å². The molecule has 5 rings (SSSR count). The zero-order chi connectivity index (χ0) is 30.7. The molecule has 0 aromatic heterocycles. The molecule has 0 aliphatic heterocycles. The minimum Gasteiger partial charge on any atom is -0.510 e. The van der Waals surface area contributed by atoms with Crippen LogP contribution < -0.4 is 11.1 Å². The van der Waals surface area contributed by atoms with Crippen LogP contribution in [0.1, 0.15) is 34.3 Å². The summed E-state index contributed by atoms with van der Waals surface area (Å²) < 4.78 is 21.0. The summed E-state index contributed by atoms with van der Waals surface area (Å²) in [6, 6.07) is 3.73. The van der Waals surface area contributed by atoms with Gasteiger partial charge in [-0.15, -0.1) is 0 Å². The molecule has 0 spiro atoms. The monoisotopic (exact) mass is 583 g/mol. The fourth-order valence-corrected chi connectivity index (χ4v) is 6.80. The molecule has 2 aromatic rings. The molecule has 0 saturated carbocycles. The van der Waals surface area contributed by atoms with Crippen molar-refractivity contribution in [1.29, 1.82) is 0 Å². The summed E-state index contributed by atoms with van der Waals surface area (Å²) in [7, 11) is 4.70. The first-order valence-corrected chi connectivity index (χ1v) is 13.7. The van der Waals surface area contributed by atoms with Crippen molar-refractivity contribution < 1.29 is 43.9 Å². The predicted molar refractivity (Wildman–Crippen MR) is 149 cm³/mol. The number of aliphatic hydroxyl groups excluding tert-OH is 2. The molecule has 4 atom stereocenters. The highest BCUT2D eigenvalue weighted by atomic mass is 19.1.